The Bertz CT molecular complexity index is 641. The van der Waals surface area contributed by atoms with E-state index in [1.165, 1.54) is 5.56 Å². The Balaban J connectivity index is 1.86. The van der Waals surface area contributed by atoms with Gasteiger partial charge in [-0.2, -0.15) is 5.26 Å². The van der Waals surface area contributed by atoms with Crippen molar-refractivity contribution in [3.05, 3.63) is 29.8 Å². The topological polar surface area (TPSA) is 73.6 Å². The molecule has 1 aliphatic heterocycles. The molecular weight excluding hydrogens is 318 g/mol. The minimum absolute atomic E-state index is 0.0830. The largest absolute Gasteiger partial charge is 0.481 e. The number of amides is 2. The first-order valence-corrected chi connectivity index (χ1v) is 8.62. The molecule has 6 heteroatoms. The van der Waals surface area contributed by atoms with E-state index in [9.17, 15) is 9.59 Å². The molecule has 0 aliphatic carbocycles. The van der Waals surface area contributed by atoms with Crippen LogP contribution >= 0.6 is 0 Å². The van der Waals surface area contributed by atoms with Crippen LogP contribution in [0.5, 0.6) is 5.75 Å². The number of nitriles is 1. The van der Waals surface area contributed by atoms with Crippen LogP contribution in [0, 0.1) is 11.3 Å². The van der Waals surface area contributed by atoms with Crippen LogP contribution in [-0.4, -0.2) is 53.9 Å². The molecule has 134 valence electrons. The first-order valence-electron chi connectivity index (χ1n) is 8.62. The van der Waals surface area contributed by atoms with Crippen molar-refractivity contribution in [2.75, 3.05) is 26.2 Å². The summed E-state index contributed by atoms with van der Waals surface area (Å²) in [5, 5.41) is 8.59. The molecule has 0 saturated carbocycles. The molecule has 1 aromatic rings. The molecule has 0 spiro atoms. The van der Waals surface area contributed by atoms with E-state index >= 15 is 0 Å². The quantitative estimate of drug-likeness (QED) is 0.821. The molecular formula is C19H25N3O3. The molecule has 0 aromatic heterocycles. The van der Waals surface area contributed by atoms with Crippen molar-refractivity contribution in [2.24, 2.45) is 0 Å². The van der Waals surface area contributed by atoms with E-state index in [2.05, 4.69) is 13.8 Å². The summed E-state index contributed by atoms with van der Waals surface area (Å²) in [6.07, 6.45) is -0.689. The zero-order valence-electron chi connectivity index (χ0n) is 15.1. The molecule has 2 rings (SSSR count). The summed E-state index contributed by atoms with van der Waals surface area (Å²) in [7, 11) is 0. The van der Waals surface area contributed by atoms with Gasteiger partial charge in [0.1, 0.15) is 12.2 Å². The summed E-state index contributed by atoms with van der Waals surface area (Å²) in [6.45, 7) is 7.86. The van der Waals surface area contributed by atoms with Gasteiger partial charge < -0.3 is 14.5 Å². The van der Waals surface area contributed by atoms with E-state index in [0.717, 1.165) is 0 Å². The van der Waals surface area contributed by atoms with Crippen LogP contribution in [0.4, 0.5) is 0 Å². The number of hydrogen-bond acceptors (Lipinski definition) is 4. The Morgan fingerprint density at radius 1 is 1.08 bits per heavy atom. The van der Waals surface area contributed by atoms with Gasteiger partial charge in [-0.25, -0.2) is 0 Å². The van der Waals surface area contributed by atoms with Gasteiger partial charge in [0.05, 0.1) is 6.07 Å². The van der Waals surface area contributed by atoms with Crippen molar-refractivity contribution in [1.29, 1.82) is 5.26 Å². The molecule has 1 saturated heterocycles. The average molecular weight is 343 g/mol. The number of carbonyl (C=O) groups is 2. The number of ether oxygens (including phenoxy) is 1. The molecule has 1 atom stereocenters. The Kier molecular flexibility index (Phi) is 6.40. The molecule has 0 N–H and O–H groups in total. The summed E-state index contributed by atoms with van der Waals surface area (Å²) in [5.74, 6) is 0.866. The van der Waals surface area contributed by atoms with Crippen LogP contribution < -0.4 is 4.74 Å². The monoisotopic (exact) mass is 343 g/mol. The molecule has 1 aromatic carbocycles. The zero-order valence-corrected chi connectivity index (χ0v) is 15.1. The third-order valence-corrected chi connectivity index (χ3v) is 4.38. The van der Waals surface area contributed by atoms with E-state index in [1.807, 2.05) is 30.3 Å². The van der Waals surface area contributed by atoms with Crippen molar-refractivity contribution in [1.82, 2.24) is 9.80 Å². The third kappa shape index (κ3) is 4.96. The lowest BCUT2D eigenvalue weighted by Gasteiger charge is -2.35. The second kappa shape index (κ2) is 8.52. The second-order valence-corrected chi connectivity index (χ2v) is 6.52. The molecule has 1 fully saturated rings. The minimum atomic E-state index is -0.578. The molecule has 25 heavy (non-hydrogen) atoms. The Morgan fingerprint density at radius 2 is 1.64 bits per heavy atom. The molecule has 1 aliphatic rings. The van der Waals surface area contributed by atoms with Gasteiger partial charge in [-0.15, -0.1) is 0 Å². The van der Waals surface area contributed by atoms with E-state index in [0.29, 0.717) is 37.8 Å². The van der Waals surface area contributed by atoms with Crippen molar-refractivity contribution in [3.8, 4) is 11.8 Å². The molecule has 6 nitrogen and oxygen atoms in total. The summed E-state index contributed by atoms with van der Waals surface area (Å²) in [5.41, 5.74) is 1.23. The van der Waals surface area contributed by atoms with Gasteiger partial charge in [0, 0.05) is 26.2 Å². The fourth-order valence-corrected chi connectivity index (χ4v) is 2.80. The van der Waals surface area contributed by atoms with Crippen molar-refractivity contribution in [2.45, 2.75) is 39.2 Å². The maximum Gasteiger partial charge on any atom is 0.263 e. The number of rotatable bonds is 5. The van der Waals surface area contributed by atoms with Crippen molar-refractivity contribution >= 4 is 11.8 Å². The van der Waals surface area contributed by atoms with E-state index in [4.69, 9.17) is 10.00 Å². The number of piperazine rings is 1. The highest BCUT2D eigenvalue weighted by Crippen LogP contribution is 2.20. The first-order chi connectivity index (χ1) is 11.9. The fourth-order valence-electron chi connectivity index (χ4n) is 2.80. The maximum absolute atomic E-state index is 12.5. The Morgan fingerprint density at radius 3 is 2.16 bits per heavy atom. The lowest BCUT2D eigenvalue weighted by molar-refractivity contribution is -0.143. The van der Waals surface area contributed by atoms with Gasteiger partial charge in [-0.1, -0.05) is 26.0 Å². The summed E-state index contributed by atoms with van der Waals surface area (Å²) in [4.78, 5) is 27.6. The van der Waals surface area contributed by atoms with E-state index < -0.39 is 6.10 Å². The number of benzene rings is 1. The molecule has 0 bridgehead atoms. The van der Waals surface area contributed by atoms with Crippen LogP contribution in [0.15, 0.2) is 24.3 Å². The van der Waals surface area contributed by atoms with Gasteiger partial charge in [0.25, 0.3) is 5.91 Å². The predicted molar refractivity (Wildman–Crippen MR) is 94.0 cm³/mol. The van der Waals surface area contributed by atoms with Crippen molar-refractivity contribution < 1.29 is 14.3 Å². The second-order valence-electron chi connectivity index (χ2n) is 6.52. The highest BCUT2D eigenvalue weighted by atomic mass is 16.5. The molecule has 0 radical (unpaired) electrons. The van der Waals surface area contributed by atoms with Crippen LogP contribution in [-0.2, 0) is 9.59 Å². The Labute approximate surface area is 149 Å². The number of carbonyl (C=O) groups excluding carboxylic acids is 2. The molecule has 1 unspecified atom stereocenters. The van der Waals surface area contributed by atoms with Crippen molar-refractivity contribution in [3.63, 3.8) is 0 Å². The van der Waals surface area contributed by atoms with Crippen LogP contribution in [0.1, 0.15) is 38.7 Å². The zero-order chi connectivity index (χ0) is 18.4. The summed E-state index contributed by atoms with van der Waals surface area (Å²) in [6, 6.07) is 9.66. The normalized spacial score (nSPS) is 15.6. The number of hydrogen-bond donors (Lipinski definition) is 0. The van der Waals surface area contributed by atoms with Gasteiger partial charge in [0.2, 0.25) is 5.91 Å². The molecule has 2 amide bonds. The minimum Gasteiger partial charge on any atom is -0.481 e. The summed E-state index contributed by atoms with van der Waals surface area (Å²) >= 11 is 0. The number of nitrogens with zero attached hydrogens (tertiary/aromatic N) is 3. The van der Waals surface area contributed by atoms with Crippen LogP contribution in [0.3, 0.4) is 0 Å². The highest BCUT2D eigenvalue weighted by molar-refractivity contribution is 5.82. The smallest absolute Gasteiger partial charge is 0.263 e. The van der Waals surface area contributed by atoms with Crippen LogP contribution in [0.25, 0.3) is 0 Å². The van der Waals surface area contributed by atoms with Crippen LogP contribution in [0.2, 0.25) is 0 Å². The fraction of sp³-hybridized carbons (Fsp3) is 0.526. The SMILES string of the molecule is CC(Oc1ccc(C(C)C)cc1)C(=O)N1CCN(C(=O)CC#N)CC1. The van der Waals surface area contributed by atoms with Gasteiger partial charge in [-0.3, -0.25) is 9.59 Å². The molecule has 1 heterocycles. The first kappa shape index (κ1) is 18.8. The van der Waals surface area contributed by atoms with Gasteiger partial charge in [0.15, 0.2) is 6.10 Å². The lowest BCUT2D eigenvalue weighted by Crippen LogP contribution is -2.53. The van der Waals surface area contributed by atoms with E-state index in [-0.39, 0.29) is 18.2 Å². The Hall–Kier alpha value is -2.55. The van der Waals surface area contributed by atoms with Gasteiger partial charge in [-0.05, 0) is 30.5 Å². The predicted octanol–water partition coefficient (Wildman–Crippen LogP) is 2.16. The summed E-state index contributed by atoms with van der Waals surface area (Å²) < 4.78 is 5.76. The van der Waals surface area contributed by atoms with E-state index in [1.54, 1.807) is 16.7 Å². The standard InChI is InChI=1S/C19H25N3O3/c1-14(2)16-4-6-17(7-5-16)25-15(3)19(24)22-12-10-21(11-13-22)18(23)8-9-20/h4-7,14-15H,8,10-13H2,1-3H3. The highest BCUT2D eigenvalue weighted by Gasteiger charge is 2.27. The van der Waals surface area contributed by atoms with Gasteiger partial charge >= 0.3 is 0 Å². The third-order valence-electron chi connectivity index (χ3n) is 4.38. The average Bonchev–Trinajstić information content (AvgIpc) is 2.61. The lowest BCUT2D eigenvalue weighted by atomic mass is 10.0. The maximum atomic E-state index is 12.5.